The fraction of sp³-hybridized carbons (Fsp3) is 0.292. The lowest BCUT2D eigenvalue weighted by Gasteiger charge is -2.26. The molecule has 0 aliphatic carbocycles. The van der Waals surface area contributed by atoms with Gasteiger partial charge in [0.2, 0.25) is 0 Å². The average molecular weight is 536 g/mol. The summed E-state index contributed by atoms with van der Waals surface area (Å²) in [4.78, 5) is 16.0. The van der Waals surface area contributed by atoms with Crippen molar-refractivity contribution in [1.29, 1.82) is 0 Å². The Bertz CT molecular complexity index is 1450. The Labute approximate surface area is 214 Å². The summed E-state index contributed by atoms with van der Waals surface area (Å²) in [6, 6.07) is 9.76. The summed E-state index contributed by atoms with van der Waals surface area (Å²) in [5.74, 6) is -0.566. The van der Waals surface area contributed by atoms with Gasteiger partial charge < -0.3 is 18.6 Å². The highest BCUT2D eigenvalue weighted by Crippen LogP contribution is 2.39. The van der Waals surface area contributed by atoms with Crippen LogP contribution in [0.3, 0.4) is 0 Å². The molecule has 0 radical (unpaired) electrons. The van der Waals surface area contributed by atoms with Gasteiger partial charge in [-0.05, 0) is 50.2 Å². The molecule has 0 amide bonds. The Balaban J connectivity index is 1.70. The van der Waals surface area contributed by atoms with Gasteiger partial charge in [-0.15, -0.1) is 10.2 Å². The lowest BCUT2D eigenvalue weighted by molar-refractivity contribution is -0.137. The molecule has 0 N–H and O–H groups in total. The zero-order chi connectivity index (χ0) is 27.0. The van der Waals surface area contributed by atoms with Gasteiger partial charge in [-0.3, -0.25) is 0 Å². The molecule has 0 atom stereocenters. The van der Waals surface area contributed by atoms with Crippen molar-refractivity contribution >= 4 is 17.6 Å². The Morgan fingerprint density at radius 2 is 1.84 bits per heavy atom. The van der Waals surface area contributed by atoms with Crippen LogP contribution in [0.5, 0.6) is 5.75 Å². The first-order valence-electron chi connectivity index (χ1n) is 11.0. The van der Waals surface area contributed by atoms with Crippen molar-refractivity contribution in [3.8, 4) is 28.6 Å². The molecule has 13 heteroatoms. The number of benzene rings is 2. The van der Waals surface area contributed by atoms with E-state index in [0.29, 0.717) is 5.02 Å². The van der Waals surface area contributed by atoms with Gasteiger partial charge >= 0.3 is 12.1 Å². The van der Waals surface area contributed by atoms with Gasteiger partial charge in [0.05, 0.1) is 17.7 Å². The topological polar surface area (TPSA) is 105 Å². The summed E-state index contributed by atoms with van der Waals surface area (Å²) in [5.41, 5.74) is -1.85. The number of hydrogen-bond donors (Lipinski definition) is 0. The number of carbonyl (C=O) groups is 1. The van der Waals surface area contributed by atoms with Crippen LogP contribution in [0, 0.1) is 0 Å². The Morgan fingerprint density at radius 1 is 1.11 bits per heavy atom. The molecule has 0 bridgehead atoms. The number of rotatable bonds is 7. The number of ether oxygens (including phenoxy) is 2. The average Bonchev–Trinajstić information content (AvgIpc) is 3.47. The molecule has 4 rings (SSSR count). The maximum absolute atomic E-state index is 13.6. The Kier molecular flexibility index (Phi) is 6.96. The van der Waals surface area contributed by atoms with Crippen molar-refractivity contribution in [2.24, 2.45) is 7.05 Å². The molecular weight excluding hydrogens is 515 g/mol. The van der Waals surface area contributed by atoms with Crippen LogP contribution in [0.1, 0.15) is 42.8 Å². The van der Waals surface area contributed by atoms with E-state index in [9.17, 15) is 18.0 Å². The molecule has 2 aromatic carbocycles. The zero-order valence-corrected chi connectivity index (χ0v) is 20.9. The standard InChI is InChI=1S/C24H21ClF3N5O4/c1-5-35-21(34)18-29-20(37-32-18)15-12-13(25)10-11-17(15)36-23(2,3)22-31-30-19(33(22)4)14-8-6-7-9-16(14)24(26,27)28/h6-12H,5H2,1-4H3. The molecule has 0 aliphatic rings. The highest BCUT2D eigenvalue weighted by molar-refractivity contribution is 6.30. The van der Waals surface area contributed by atoms with Crippen LogP contribution in [0.2, 0.25) is 5.02 Å². The largest absolute Gasteiger partial charge is 0.479 e. The van der Waals surface area contributed by atoms with Crippen LogP contribution in [-0.4, -0.2) is 37.5 Å². The van der Waals surface area contributed by atoms with E-state index in [4.69, 9.17) is 25.6 Å². The Morgan fingerprint density at radius 3 is 2.54 bits per heavy atom. The second-order valence-electron chi connectivity index (χ2n) is 8.35. The van der Waals surface area contributed by atoms with Gasteiger partial charge in [-0.1, -0.05) is 29.8 Å². The fourth-order valence-electron chi connectivity index (χ4n) is 3.70. The van der Waals surface area contributed by atoms with Crippen LogP contribution in [0.25, 0.3) is 22.8 Å². The maximum atomic E-state index is 13.6. The minimum absolute atomic E-state index is 0.0203. The molecule has 0 saturated heterocycles. The molecule has 37 heavy (non-hydrogen) atoms. The summed E-state index contributed by atoms with van der Waals surface area (Å²) in [5, 5.41) is 12.1. The van der Waals surface area contributed by atoms with Crippen molar-refractivity contribution < 1.29 is 32.0 Å². The molecule has 2 aromatic heterocycles. The van der Waals surface area contributed by atoms with Crippen molar-refractivity contribution in [3.63, 3.8) is 0 Å². The first-order valence-corrected chi connectivity index (χ1v) is 11.4. The van der Waals surface area contributed by atoms with E-state index in [2.05, 4.69) is 20.3 Å². The van der Waals surface area contributed by atoms with Gasteiger partial charge in [-0.25, -0.2) is 4.79 Å². The van der Waals surface area contributed by atoms with Crippen molar-refractivity contribution in [2.75, 3.05) is 6.61 Å². The SMILES string of the molecule is CCOC(=O)c1noc(-c2cc(Cl)ccc2OC(C)(C)c2nnc(-c3ccccc3C(F)(F)F)n2C)n1. The summed E-state index contributed by atoms with van der Waals surface area (Å²) >= 11 is 6.17. The first kappa shape index (κ1) is 26.1. The molecule has 2 heterocycles. The van der Waals surface area contributed by atoms with Crippen LogP contribution in [0.15, 0.2) is 47.0 Å². The summed E-state index contributed by atoms with van der Waals surface area (Å²) < 4.78 is 58.5. The van der Waals surface area contributed by atoms with Crippen LogP contribution < -0.4 is 4.74 Å². The number of carbonyl (C=O) groups excluding carboxylic acids is 1. The molecule has 4 aromatic rings. The molecule has 9 nitrogen and oxygen atoms in total. The lowest BCUT2D eigenvalue weighted by atomic mass is 10.1. The van der Waals surface area contributed by atoms with E-state index in [0.717, 1.165) is 6.07 Å². The van der Waals surface area contributed by atoms with E-state index < -0.39 is 23.3 Å². The molecule has 0 saturated carbocycles. The third kappa shape index (κ3) is 5.29. The summed E-state index contributed by atoms with van der Waals surface area (Å²) in [6.45, 7) is 5.12. The lowest BCUT2D eigenvalue weighted by Crippen LogP contribution is -2.29. The summed E-state index contributed by atoms with van der Waals surface area (Å²) in [6.07, 6.45) is -4.57. The minimum Gasteiger partial charge on any atom is -0.479 e. The van der Waals surface area contributed by atoms with Crippen LogP contribution in [-0.2, 0) is 23.6 Å². The zero-order valence-electron chi connectivity index (χ0n) is 20.1. The molecule has 0 fully saturated rings. The molecule has 194 valence electrons. The van der Waals surface area contributed by atoms with Gasteiger partial charge in [0.25, 0.3) is 11.7 Å². The Hall–Kier alpha value is -3.93. The number of esters is 1. The van der Waals surface area contributed by atoms with Crippen molar-refractivity contribution in [3.05, 3.63) is 64.7 Å². The van der Waals surface area contributed by atoms with Gasteiger partial charge in [0.15, 0.2) is 17.2 Å². The molecule has 0 unspecified atom stereocenters. The fourth-order valence-corrected chi connectivity index (χ4v) is 3.88. The monoisotopic (exact) mass is 535 g/mol. The first-order chi connectivity index (χ1) is 17.4. The molecule has 0 aliphatic heterocycles. The normalized spacial score (nSPS) is 12.0. The maximum Gasteiger partial charge on any atom is 0.417 e. The van der Waals surface area contributed by atoms with Gasteiger partial charge in [0, 0.05) is 17.6 Å². The third-order valence-electron chi connectivity index (χ3n) is 5.31. The summed E-state index contributed by atoms with van der Waals surface area (Å²) in [7, 11) is 1.55. The van der Waals surface area contributed by atoms with E-state index >= 15 is 0 Å². The minimum atomic E-state index is -4.57. The number of halogens is 4. The predicted molar refractivity (Wildman–Crippen MR) is 126 cm³/mol. The quantitative estimate of drug-likeness (QED) is 0.278. The number of nitrogens with zero attached hydrogens (tertiary/aromatic N) is 5. The second kappa shape index (κ2) is 9.85. The second-order valence-corrected chi connectivity index (χ2v) is 8.78. The van der Waals surface area contributed by atoms with Gasteiger partial charge in [-0.2, -0.15) is 18.2 Å². The van der Waals surface area contributed by atoms with Crippen LogP contribution >= 0.6 is 11.6 Å². The predicted octanol–water partition coefficient (Wildman–Crippen LogP) is 5.70. The smallest absolute Gasteiger partial charge is 0.417 e. The van der Waals surface area contributed by atoms with E-state index in [1.54, 1.807) is 40.0 Å². The third-order valence-corrected chi connectivity index (χ3v) is 5.54. The van der Waals surface area contributed by atoms with Crippen molar-refractivity contribution in [1.82, 2.24) is 24.9 Å². The molecule has 0 spiro atoms. The number of hydrogen-bond acceptors (Lipinski definition) is 8. The number of alkyl halides is 3. The molecular formula is C24H21ClF3N5O4. The van der Waals surface area contributed by atoms with Crippen molar-refractivity contribution in [2.45, 2.75) is 32.5 Å². The van der Waals surface area contributed by atoms with E-state index in [1.807, 2.05) is 0 Å². The highest BCUT2D eigenvalue weighted by atomic mass is 35.5. The van der Waals surface area contributed by atoms with Crippen LogP contribution in [0.4, 0.5) is 13.2 Å². The number of aromatic nitrogens is 5. The highest BCUT2D eigenvalue weighted by Gasteiger charge is 2.36. The van der Waals surface area contributed by atoms with E-state index in [-0.39, 0.29) is 46.8 Å². The van der Waals surface area contributed by atoms with Gasteiger partial charge in [0.1, 0.15) is 5.75 Å². The van der Waals surface area contributed by atoms with E-state index in [1.165, 1.54) is 28.8 Å².